The minimum absolute atomic E-state index is 0.137. The zero-order valence-electron chi connectivity index (χ0n) is 18.5. The van der Waals surface area contributed by atoms with Gasteiger partial charge in [0.05, 0.1) is 23.8 Å². The normalized spacial score (nSPS) is 14.5. The molecule has 0 atom stereocenters. The number of hydrogen-bond donors (Lipinski definition) is 2. The molecule has 34 heavy (non-hydrogen) atoms. The van der Waals surface area contributed by atoms with Crippen molar-refractivity contribution >= 4 is 27.3 Å². The van der Waals surface area contributed by atoms with Gasteiger partial charge >= 0.3 is 0 Å². The fourth-order valence-electron chi connectivity index (χ4n) is 3.62. The summed E-state index contributed by atoms with van der Waals surface area (Å²) in [5.74, 6) is -1.13. The fourth-order valence-corrected chi connectivity index (χ4v) is 4.73. The lowest BCUT2D eigenvalue weighted by Crippen LogP contribution is -2.37. The highest BCUT2D eigenvalue weighted by Gasteiger charge is 2.18. The summed E-state index contributed by atoms with van der Waals surface area (Å²) in [4.78, 5) is 14.9. The van der Waals surface area contributed by atoms with E-state index in [1.165, 1.54) is 42.5 Å². The number of amides is 1. The second-order valence-corrected chi connectivity index (χ2v) is 9.65. The molecule has 1 heterocycles. The minimum Gasteiger partial charge on any atom is -0.379 e. The van der Waals surface area contributed by atoms with Gasteiger partial charge in [0.25, 0.3) is 15.9 Å². The Morgan fingerprint density at radius 1 is 0.971 bits per heavy atom. The van der Waals surface area contributed by atoms with E-state index in [0.29, 0.717) is 5.69 Å². The Hall–Kier alpha value is -3.27. The van der Waals surface area contributed by atoms with Gasteiger partial charge < -0.3 is 10.1 Å². The Labute approximate surface area is 198 Å². The van der Waals surface area contributed by atoms with E-state index >= 15 is 0 Å². The van der Waals surface area contributed by atoms with Crippen LogP contribution in [0.3, 0.4) is 0 Å². The molecule has 0 aromatic heterocycles. The van der Waals surface area contributed by atoms with Gasteiger partial charge in [-0.1, -0.05) is 30.3 Å². The Bertz CT molecular complexity index is 1240. The Kier molecular flexibility index (Phi) is 7.56. The summed E-state index contributed by atoms with van der Waals surface area (Å²) in [5.41, 5.74) is 1.79. The van der Waals surface area contributed by atoms with Gasteiger partial charge in [-0.3, -0.25) is 14.4 Å². The summed E-state index contributed by atoms with van der Waals surface area (Å²) in [7, 11) is -4.07. The fraction of sp³-hybridized carbons (Fsp3) is 0.240. The van der Waals surface area contributed by atoms with Crippen LogP contribution in [0.25, 0.3) is 0 Å². The van der Waals surface area contributed by atoms with Crippen LogP contribution in [-0.4, -0.2) is 52.1 Å². The summed E-state index contributed by atoms with van der Waals surface area (Å²) in [6, 6.07) is 18.7. The largest absolute Gasteiger partial charge is 0.379 e. The second-order valence-electron chi connectivity index (χ2n) is 7.97. The number of nitrogens with zero attached hydrogens (tertiary/aromatic N) is 1. The van der Waals surface area contributed by atoms with Crippen molar-refractivity contribution in [1.29, 1.82) is 0 Å². The van der Waals surface area contributed by atoms with Crippen LogP contribution >= 0.6 is 0 Å². The highest BCUT2D eigenvalue weighted by Crippen LogP contribution is 2.20. The molecule has 2 N–H and O–H groups in total. The van der Waals surface area contributed by atoms with Gasteiger partial charge in [-0.2, -0.15) is 0 Å². The van der Waals surface area contributed by atoms with E-state index in [1.807, 2.05) is 24.3 Å². The maximum Gasteiger partial charge on any atom is 0.262 e. The van der Waals surface area contributed by atoms with E-state index in [-0.39, 0.29) is 16.1 Å². The van der Waals surface area contributed by atoms with Crippen LogP contribution in [0.5, 0.6) is 0 Å². The number of carbonyl (C=O) groups excluding carboxylic acids is 1. The standard InChI is InChI=1S/C25H26FN3O4S/c26-23-6-1-2-7-24(23)28-34(31,32)22-5-3-4-20(18-22)25(30)27-21-10-8-19(9-11-21)12-13-29-14-16-33-17-15-29/h1-11,18,28H,12-17H2,(H,27,30). The molecule has 178 valence electrons. The summed E-state index contributed by atoms with van der Waals surface area (Å²) in [5, 5.41) is 2.79. The van der Waals surface area contributed by atoms with Gasteiger partial charge in [0, 0.05) is 30.9 Å². The first-order valence-electron chi connectivity index (χ1n) is 11.0. The molecule has 1 saturated heterocycles. The van der Waals surface area contributed by atoms with Crippen LogP contribution in [0.15, 0.2) is 77.7 Å². The van der Waals surface area contributed by atoms with Crippen molar-refractivity contribution in [3.63, 3.8) is 0 Å². The molecule has 0 unspecified atom stereocenters. The number of ether oxygens (including phenoxy) is 1. The monoisotopic (exact) mass is 483 g/mol. The molecule has 7 nitrogen and oxygen atoms in total. The number of rotatable bonds is 8. The molecule has 3 aromatic carbocycles. The van der Waals surface area contributed by atoms with Gasteiger partial charge in [-0.15, -0.1) is 0 Å². The topological polar surface area (TPSA) is 87.7 Å². The number of hydrogen-bond acceptors (Lipinski definition) is 5. The number of halogens is 1. The maximum absolute atomic E-state index is 13.9. The van der Waals surface area contributed by atoms with Gasteiger partial charge in [-0.25, -0.2) is 12.8 Å². The first kappa shape index (κ1) is 23.9. The molecule has 0 radical (unpaired) electrons. The first-order valence-corrected chi connectivity index (χ1v) is 12.5. The lowest BCUT2D eigenvalue weighted by atomic mass is 10.1. The second kappa shape index (κ2) is 10.8. The molecule has 1 fully saturated rings. The van der Waals surface area contributed by atoms with Gasteiger partial charge in [0.1, 0.15) is 5.82 Å². The van der Waals surface area contributed by atoms with Crippen LogP contribution in [-0.2, 0) is 21.2 Å². The number of morpholine rings is 1. The van der Waals surface area contributed by atoms with E-state index < -0.39 is 21.7 Å². The van der Waals surface area contributed by atoms with Crippen molar-refractivity contribution in [2.45, 2.75) is 11.3 Å². The van der Waals surface area contributed by atoms with Gasteiger partial charge in [0.2, 0.25) is 0 Å². The summed E-state index contributed by atoms with van der Waals surface area (Å²) >= 11 is 0. The Morgan fingerprint density at radius 3 is 2.44 bits per heavy atom. The average Bonchev–Trinajstić information content (AvgIpc) is 2.86. The first-order chi connectivity index (χ1) is 16.4. The minimum atomic E-state index is -4.07. The summed E-state index contributed by atoms with van der Waals surface area (Å²) in [6.07, 6.45) is 0.906. The van der Waals surface area contributed by atoms with Crippen molar-refractivity contribution in [3.05, 3.63) is 89.7 Å². The highest BCUT2D eigenvalue weighted by molar-refractivity contribution is 7.92. The smallest absolute Gasteiger partial charge is 0.262 e. The predicted molar refractivity (Wildman–Crippen MR) is 129 cm³/mol. The Balaban J connectivity index is 1.38. The molecule has 0 aliphatic carbocycles. The van der Waals surface area contributed by atoms with Crippen LogP contribution in [0, 0.1) is 5.82 Å². The van der Waals surface area contributed by atoms with Crippen LogP contribution in [0.4, 0.5) is 15.8 Å². The molecule has 1 aliphatic rings. The number of sulfonamides is 1. The van der Waals surface area contributed by atoms with E-state index in [1.54, 1.807) is 0 Å². The number of para-hydroxylation sites is 1. The number of nitrogens with one attached hydrogen (secondary N) is 2. The van der Waals surface area contributed by atoms with Gasteiger partial charge in [-0.05, 0) is 54.4 Å². The zero-order valence-corrected chi connectivity index (χ0v) is 19.4. The quantitative estimate of drug-likeness (QED) is 0.510. The molecular weight excluding hydrogens is 457 g/mol. The predicted octanol–water partition coefficient (Wildman–Crippen LogP) is 3.75. The lowest BCUT2D eigenvalue weighted by molar-refractivity contribution is 0.0384. The average molecular weight is 484 g/mol. The van der Waals surface area contributed by atoms with Crippen LogP contribution < -0.4 is 10.0 Å². The molecule has 0 spiro atoms. The van der Waals surface area contributed by atoms with Gasteiger partial charge in [0.15, 0.2) is 0 Å². The van der Waals surface area contributed by atoms with E-state index in [0.717, 1.165) is 50.9 Å². The van der Waals surface area contributed by atoms with Crippen LogP contribution in [0.1, 0.15) is 15.9 Å². The third-order valence-corrected chi connectivity index (χ3v) is 6.92. The van der Waals surface area contributed by atoms with Crippen molar-refractivity contribution < 1.29 is 22.3 Å². The number of carbonyl (C=O) groups is 1. The molecule has 0 bridgehead atoms. The molecule has 0 saturated carbocycles. The van der Waals surface area contributed by atoms with E-state index in [2.05, 4.69) is 14.9 Å². The lowest BCUT2D eigenvalue weighted by Gasteiger charge is -2.26. The van der Waals surface area contributed by atoms with E-state index in [4.69, 9.17) is 4.74 Å². The summed E-state index contributed by atoms with van der Waals surface area (Å²) < 4.78 is 46.8. The highest BCUT2D eigenvalue weighted by atomic mass is 32.2. The molecule has 9 heteroatoms. The number of anilines is 2. The molecule has 4 rings (SSSR count). The van der Waals surface area contributed by atoms with Crippen molar-refractivity contribution in [2.75, 3.05) is 42.9 Å². The summed E-state index contributed by atoms with van der Waals surface area (Å²) in [6.45, 7) is 4.38. The number of benzene rings is 3. The molecule has 1 aliphatic heterocycles. The third kappa shape index (κ3) is 6.19. The van der Waals surface area contributed by atoms with Crippen LogP contribution in [0.2, 0.25) is 0 Å². The van der Waals surface area contributed by atoms with Crippen molar-refractivity contribution in [1.82, 2.24) is 4.90 Å². The third-order valence-electron chi connectivity index (χ3n) is 5.56. The molecule has 1 amide bonds. The van der Waals surface area contributed by atoms with Crippen molar-refractivity contribution in [2.24, 2.45) is 0 Å². The zero-order chi connectivity index (χ0) is 24.0. The molecular formula is C25H26FN3O4S. The SMILES string of the molecule is O=C(Nc1ccc(CCN2CCOCC2)cc1)c1cccc(S(=O)(=O)Nc2ccccc2F)c1. The maximum atomic E-state index is 13.9. The van der Waals surface area contributed by atoms with Crippen molar-refractivity contribution in [3.8, 4) is 0 Å². The molecule has 3 aromatic rings. The van der Waals surface area contributed by atoms with E-state index in [9.17, 15) is 17.6 Å². The Morgan fingerprint density at radius 2 is 1.71 bits per heavy atom.